The van der Waals surface area contributed by atoms with E-state index in [9.17, 15) is 14.7 Å². The van der Waals surface area contributed by atoms with Crippen LogP contribution in [-0.2, 0) is 0 Å². The van der Waals surface area contributed by atoms with E-state index in [1.54, 1.807) is 0 Å². The number of benzene rings is 1. The van der Waals surface area contributed by atoms with Gasteiger partial charge in [-0.15, -0.1) is 0 Å². The van der Waals surface area contributed by atoms with Gasteiger partial charge in [0.25, 0.3) is 0 Å². The van der Waals surface area contributed by atoms with Gasteiger partial charge in [0.05, 0.1) is 7.11 Å². The summed E-state index contributed by atoms with van der Waals surface area (Å²) in [7, 11) is 1.38. The summed E-state index contributed by atoms with van der Waals surface area (Å²) in [5.41, 5.74) is -0.551. The van der Waals surface area contributed by atoms with E-state index in [0.717, 1.165) is 0 Å². The molecule has 1 N–H and O–H groups in total. The van der Waals surface area contributed by atoms with Crippen LogP contribution in [-0.4, -0.2) is 18.0 Å². The van der Waals surface area contributed by atoms with Crippen LogP contribution in [0.25, 0.3) is 11.0 Å². The number of hydrogen-bond acceptors (Lipinski definition) is 5. The number of phenols is 1. The molecule has 5 nitrogen and oxygen atoms in total. The van der Waals surface area contributed by atoms with Crippen molar-refractivity contribution in [2.24, 2.45) is 0 Å². The van der Waals surface area contributed by atoms with Crippen molar-refractivity contribution in [2.75, 3.05) is 7.11 Å². The summed E-state index contributed by atoms with van der Waals surface area (Å²) in [6, 6.07) is 4.25. The number of carbonyl (C=O) groups is 1. The Morgan fingerprint density at radius 2 is 2.12 bits per heavy atom. The second-order valence-corrected chi connectivity index (χ2v) is 3.53. The molecule has 0 amide bonds. The summed E-state index contributed by atoms with van der Waals surface area (Å²) in [5.74, 6) is -0.556. The molecule has 2 aromatic rings. The van der Waals surface area contributed by atoms with Crippen LogP contribution in [0, 0.1) is 0 Å². The van der Waals surface area contributed by atoms with E-state index in [2.05, 4.69) is 0 Å². The predicted molar refractivity (Wildman–Crippen MR) is 60.7 cm³/mol. The second kappa shape index (κ2) is 3.93. The summed E-state index contributed by atoms with van der Waals surface area (Å²) >= 11 is 0. The quantitative estimate of drug-likeness (QED) is 0.632. The molecule has 1 aromatic carbocycles. The number of fused-ring (bicyclic) bond motifs is 1. The standard InChI is InChI=1S/C12H10O5/c1-6(13)10-11(15)8(16-2)5-7-3-4-9(14)17-12(7)10/h3-5,15H,1-2H3. The third-order valence-electron chi connectivity index (χ3n) is 2.42. The van der Waals surface area contributed by atoms with Gasteiger partial charge in [-0.2, -0.15) is 0 Å². The minimum Gasteiger partial charge on any atom is -0.504 e. The lowest BCUT2D eigenvalue weighted by Crippen LogP contribution is -2.01. The number of aromatic hydroxyl groups is 1. The van der Waals surface area contributed by atoms with E-state index < -0.39 is 11.4 Å². The molecule has 1 heterocycles. The van der Waals surface area contributed by atoms with Crippen molar-refractivity contribution in [3.05, 3.63) is 34.2 Å². The fraction of sp³-hybridized carbons (Fsp3) is 0.167. The Labute approximate surface area is 96.2 Å². The Hall–Kier alpha value is -2.30. The van der Waals surface area contributed by atoms with Gasteiger partial charge in [0, 0.05) is 11.5 Å². The van der Waals surface area contributed by atoms with Gasteiger partial charge in [0.2, 0.25) is 0 Å². The van der Waals surface area contributed by atoms with E-state index in [1.807, 2.05) is 0 Å². The van der Waals surface area contributed by atoms with Gasteiger partial charge in [0.1, 0.15) is 5.56 Å². The van der Waals surface area contributed by atoms with E-state index in [0.29, 0.717) is 5.39 Å². The SMILES string of the molecule is COc1cc2ccc(=O)oc2c(C(C)=O)c1O. The molecule has 0 unspecified atom stereocenters. The second-order valence-electron chi connectivity index (χ2n) is 3.53. The molecule has 0 fully saturated rings. The maximum Gasteiger partial charge on any atom is 0.336 e. The first-order chi connectivity index (χ1) is 8.04. The topological polar surface area (TPSA) is 76.7 Å². The minimum atomic E-state index is -0.579. The van der Waals surface area contributed by atoms with Crippen LogP contribution in [0.3, 0.4) is 0 Å². The monoisotopic (exact) mass is 234 g/mol. The summed E-state index contributed by atoms with van der Waals surface area (Å²) < 4.78 is 9.89. The first kappa shape index (κ1) is 11.2. The van der Waals surface area contributed by atoms with Crippen LogP contribution in [0.5, 0.6) is 11.5 Å². The van der Waals surface area contributed by atoms with Crippen molar-refractivity contribution in [1.82, 2.24) is 0 Å². The van der Waals surface area contributed by atoms with Crippen LogP contribution in [0.15, 0.2) is 27.4 Å². The highest BCUT2D eigenvalue weighted by Crippen LogP contribution is 2.36. The Morgan fingerprint density at radius 3 is 2.71 bits per heavy atom. The summed E-state index contributed by atoms with van der Waals surface area (Å²) in [6.45, 7) is 1.28. The lowest BCUT2D eigenvalue weighted by Gasteiger charge is -2.09. The van der Waals surface area contributed by atoms with Gasteiger partial charge in [-0.05, 0) is 19.1 Å². The zero-order valence-corrected chi connectivity index (χ0v) is 9.31. The fourth-order valence-electron chi connectivity index (χ4n) is 1.66. The summed E-state index contributed by atoms with van der Waals surface area (Å²) in [5, 5.41) is 10.4. The molecule has 88 valence electrons. The van der Waals surface area contributed by atoms with Gasteiger partial charge < -0.3 is 14.3 Å². The number of carbonyl (C=O) groups excluding carboxylic acids is 1. The third kappa shape index (κ3) is 1.75. The van der Waals surface area contributed by atoms with Crippen molar-refractivity contribution in [1.29, 1.82) is 0 Å². The average molecular weight is 234 g/mol. The summed E-state index contributed by atoms with van der Waals surface area (Å²) in [4.78, 5) is 22.6. The van der Waals surface area contributed by atoms with E-state index in [1.165, 1.54) is 32.2 Å². The normalized spacial score (nSPS) is 10.5. The van der Waals surface area contributed by atoms with Crippen molar-refractivity contribution in [3.63, 3.8) is 0 Å². The summed E-state index contributed by atoms with van der Waals surface area (Å²) in [6.07, 6.45) is 0. The Balaban J connectivity index is 2.97. The van der Waals surface area contributed by atoms with E-state index >= 15 is 0 Å². The highest BCUT2D eigenvalue weighted by molar-refractivity contribution is 6.08. The van der Waals surface area contributed by atoms with Crippen LogP contribution in [0.1, 0.15) is 17.3 Å². The number of phenolic OH excluding ortho intramolecular Hbond substituents is 1. The highest BCUT2D eigenvalue weighted by atomic mass is 16.5. The van der Waals surface area contributed by atoms with Crippen LogP contribution >= 0.6 is 0 Å². The van der Waals surface area contributed by atoms with Gasteiger partial charge in [-0.25, -0.2) is 4.79 Å². The Morgan fingerprint density at radius 1 is 1.41 bits per heavy atom. The number of ether oxygens (including phenoxy) is 1. The lowest BCUT2D eigenvalue weighted by atomic mass is 10.1. The molecule has 0 saturated carbocycles. The van der Waals surface area contributed by atoms with Crippen LogP contribution in [0.2, 0.25) is 0 Å². The van der Waals surface area contributed by atoms with Crippen LogP contribution < -0.4 is 10.4 Å². The smallest absolute Gasteiger partial charge is 0.336 e. The largest absolute Gasteiger partial charge is 0.504 e. The minimum absolute atomic E-state index is 0.0444. The average Bonchev–Trinajstić information content (AvgIpc) is 2.27. The molecular weight excluding hydrogens is 224 g/mol. The van der Waals surface area contributed by atoms with E-state index in [4.69, 9.17) is 9.15 Å². The molecule has 0 aliphatic rings. The number of Topliss-reactive ketones (excluding diaryl/α,β-unsaturated/α-hetero) is 1. The molecule has 0 aliphatic carbocycles. The van der Waals surface area contributed by atoms with Crippen molar-refractivity contribution >= 4 is 16.8 Å². The number of rotatable bonds is 2. The first-order valence-electron chi connectivity index (χ1n) is 4.89. The maximum atomic E-state index is 11.5. The molecule has 0 bridgehead atoms. The van der Waals surface area contributed by atoms with Crippen molar-refractivity contribution in [3.8, 4) is 11.5 Å². The van der Waals surface area contributed by atoms with Crippen LogP contribution in [0.4, 0.5) is 0 Å². The molecule has 5 heteroatoms. The molecule has 0 spiro atoms. The predicted octanol–water partition coefficient (Wildman–Crippen LogP) is 1.71. The van der Waals surface area contributed by atoms with E-state index in [-0.39, 0.29) is 22.6 Å². The van der Waals surface area contributed by atoms with Gasteiger partial charge in [-0.1, -0.05) is 0 Å². The molecule has 0 radical (unpaired) electrons. The third-order valence-corrected chi connectivity index (χ3v) is 2.42. The number of hydrogen-bond donors (Lipinski definition) is 1. The van der Waals surface area contributed by atoms with Gasteiger partial charge >= 0.3 is 5.63 Å². The first-order valence-corrected chi connectivity index (χ1v) is 4.89. The molecule has 17 heavy (non-hydrogen) atoms. The maximum absolute atomic E-state index is 11.5. The fourth-order valence-corrected chi connectivity index (χ4v) is 1.66. The molecular formula is C12H10O5. The molecule has 1 aromatic heterocycles. The lowest BCUT2D eigenvalue weighted by molar-refractivity contribution is 0.101. The zero-order valence-electron chi connectivity index (χ0n) is 9.31. The van der Waals surface area contributed by atoms with Gasteiger partial charge in [0.15, 0.2) is 22.9 Å². The zero-order chi connectivity index (χ0) is 12.6. The Kier molecular flexibility index (Phi) is 2.59. The van der Waals surface area contributed by atoms with Crippen molar-refractivity contribution < 1.29 is 19.1 Å². The molecule has 0 atom stereocenters. The molecule has 2 rings (SSSR count). The number of methoxy groups -OCH3 is 1. The highest BCUT2D eigenvalue weighted by Gasteiger charge is 2.18. The van der Waals surface area contributed by atoms with Crippen molar-refractivity contribution in [2.45, 2.75) is 6.92 Å². The van der Waals surface area contributed by atoms with Gasteiger partial charge in [-0.3, -0.25) is 4.79 Å². The molecule has 0 saturated heterocycles. The number of ketones is 1. The Bertz CT molecular complexity index is 654. The molecule has 0 aliphatic heterocycles.